The Labute approximate surface area is 100 Å². The van der Waals surface area contributed by atoms with Crippen molar-refractivity contribution >= 4 is 5.97 Å². The zero-order chi connectivity index (χ0) is 12.9. The summed E-state index contributed by atoms with van der Waals surface area (Å²) in [6, 6.07) is 5.92. The predicted octanol–water partition coefficient (Wildman–Crippen LogP) is 2.38. The number of esters is 1. The molecule has 1 atom stereocenters. The molecule has 0 saturated heterocycles. The molecule has 1 aromatic rings. The van der Waals surface area contributed by atoms with E-state index in [0.717, 1.165) is 0 Å². The highest BCUT2D eigenvalue weighted by molar-refractivity contribution is 5.71. The van der Waals surface area contributed by atoms with Crippen LogP contribution in [0.1, 0.15) is 32.3 Å². The predicted molar refractivity (Wildman–Crippen MR) is 61.8 cm³/mol. The first-order valence-electron chi connectivity index (χ1n) is 5.66. The standard InChI is InChI=1S/C13H17FO3/c1-3-13(16,9-12(15)17-4-2)10-7-5-6-8-11(10)14/h5-8,16H,3-4,9H2,1-2H3. The summed E-state index contributed by atoms with van der Waals surface area (Å²) in [7, 11) is 0. The number of hydrogen-bond donors (Lipinski definition) is 1. The molecule has 0 aliphatic carbocycles. The van der Waals surface area contributed by atoms with Crippen molar-refractivity contribution in [3.8, 4) is 0 Å². The van der Waals surface area contributed by atoms with Gasteiger partial charge in [-0.2, -0.15) is 0 Å². The highest BCUT2D eigenvalue weighted by Crippen LogP contribution is 2.30. The van der Waals surface area contributed by atoms with Gasteiger partial charge in [0.25, 0.3) is 0 Å². The van der Waals surface area contributed by atoms with Crippen molar-refractivity contribution in [3.05, 3.63) is 35.6 Å². The molecule has 4 heteroatoms. The van der Waals surface area contributed by atoms with E-state index in [0.29, 0.717) is 0 Å². The van der Waals surface area contributed by atoms with Gasteiger partial charge in [0, 0.05) is 5.56 Å². The van der Waals surface area contributed by atoms with Crippen molar-refractivity contribution in [3.63, 3.8) is 0 Å². The lowest BCUT2D eigenvalue weighted by Gasteiger charge is -2.26. The van der Waals surface area contributed by atoms with E-state index >= 15 is 0 Å². The van der Waals surface area contributed by atoms with Crippen molar-refractivity contribution in [2.24, 2.45) is 0 Å². The molecule has 0 heterocycles. The zero-order valence-corrected chi connectivity index (χ0v) is 10.1. The molecule has 94 valence electrons. The van der Waals surface area contributed by atoms with Crippen LogP contribution in [0.4, 0.5) is 4.39 Å². The normalized spacial score (nSPS) is 14.1. The summed E-state index contributed by atoms with van der Waals surface area (Å²) in [6.45, 7) is 3.63. The molecule has 1 unspecified atom stereocenters. The highest BCUT2D eigenvalue weighted by Gasteiger charge is 2.33. The third-order valence-corrected chi connectivity index (χ3v) is 2.70. The minimum Gasteiger partial charge on any atom is -0.466 e. The largest absolute Gasteiger partial charge is 0.466 e. The van der Waals surface area contributed by atoms with E-state index < -0.39 is 17.4 Å². The third kappa shape index (κ3) is 3.27. The van der Waals surface area contributed by atoms with Crippen LogP contribution in [-0.4, -0.2) is 17.7 Å². The van der Waals surface area contributed by atoms with Crippen LogP contribution >= 0.6 is 0 Å². The third-order valence-electron chi connectivity index (χ3n) is 2.70. The molecular weight excluding hydrogens is 223 g/mol. The smallest absolute Gasteiger partial charge is 0.309 e. The Bertz CT molecular complexity index is 392. The Morgan fingerprint density at radius 1 is 1.41 bits per heavy atom. The molecule has 1 rings (SSSR count). The topological polar surface area (TPSA) is 46.5 Å². The number of carbonyl (C=O) groups is 1. The number of aliphatic hydroxyl groups is 1. The SMILES string of the molecule is CCOC(=O)CC(O)(CC)c1ccccc1F. The van der Waals surface area contributed by atoms with Crippen LogP contribution in [0.3, 0.4) is 0 Å². The van der Waals surface area contributed by atoms with E-state index in [1.165, 1.54) is 12.1 Å². The van der Waals surface area contributed by atoms with E-state index in [2.05, 4.69) is 0 Å². The van der Waals surface area contributed by atoms with E-state index in [4.69, 9.17) is 4.74 Å². The molecule has 0 spiro atoms. The van der Waals surface area contributed by atoms with Gasteiger partial charge in [-0.05, 0) is 19.4 Å². The van der Waals surface area contributed by atoms with E-state index in [-0.39, 0.29) is 25.0 Å². The summed E-state index contributed by atoms with van der Waals surface area (Å²) in [5, 5.41) is 10.3. The average molecular weight is 240 g/mol. The molecule has 3 nitrogen and oxygen atoms in total. The fraction of sp³-hybridized carbons (Fsp3) is 0.462. The van der Waals surface area contributed by atoms with Gasteiger partial charge in [0.15, 0.2) is 0 Å². The minimum atomic E-state index is -1.50. The van der Waals surface area contributed by atoms with Crippen molar-refractivity contribution in [1.29, 1.82) is 0 Å². The first-order chi connectivity index (χ1) is 8.03. The van der Waals surface area contributed by atoms with E-state index in [1.807, 2.05) is 0 Å². The quantitative estimate of drug-likeness (QED) is 0.804. The van der Waals surface area contributed by atoms with Crippen molar-refractivity contribution < 1.29 is 19.0 Å². The van der Waals surface area contributed by atoms with Gasteiger partial charge in [-0.3, -0.25) is 4.79 Å². The Balaban J connectivity index is 2.96. The van der Waals surface area contributed by atoms with Crippen molar-refractivity contribution in [2.45, 2.75) is 32.3 Å². The molecule has 0 fully saturated rings. The molecule has 0 amide bonds. The number of hydrogen-bond acceptors (Lipinski definition) is 3. The van der Waals surface area contributed by atoms with Crippen LogP contribution in [0.5, 0.6) is 0 Å². The van der Waals surface area contributed by atoms with Gasteiger partial charge >= 0.3 is 5.97 Å². The van der Waals surface area contributed by atoms with Gasteiger partial charge in [0.1, 0.15) is 11.4 Å². The second-order valence-corrected chi connectivity index (χ2v) is 3.85. The summed E-state index contributed by atoms with van der Waals surface area (Å²) in [5.74, 6) is -1.04. The van der Waals surface area contributed by atoms with Gasteiger partial charge in [-0.25, -0.2) is 4.39 Å². The maximum absolute atomic E-state index is 13.6. The molecular formula is C13H17FO3. The van der Waals surface area contributed by atoms with Gasteiger partial charge < -0.3 is 9.84 Å². The molecule has 0 aromatic heterocycles. The summed E-state index contributed by atoms with van der Waals surface area (Å²) in [5.41, 5.74) is -1.37. The fourth-order valence-corrected chi connectivity index (χ4v) is 1.70. The van der Waals surface area contributed by atoms with Crippen LogP contribution in [0, 0.1) is 5.82 Å². The van der Waals surface area contributed by atoms with E-state index in [9.17, 15) is 14.3 Å². The second kappa shape index (κ2) is 5.77. The molecule has 0 radical (unpaired) electrons. The molecule has 0 aliphatic heterocycles. The van der Waals surface area contributed by atoms with Crippen LogP contribution < -0.4 is 0 Å². The molecule has 1 aromatic carbocycles. The van der Waals surface area contributed by atoms with Gasteiger partial charge in [-0.1, -0.05) is 25.1 Å². The van der Waals surface area contributed by atoms with Gasteiger partial charge in [0.05, 0.1) is 13.0 Å². The number of halogens is 1. The Hall–Kier alpha value is -1.42. The summed E-state index contributed by atoms with van der Waals surface area (Å²) in [6.07, 6.45) is 0.00498. The molecule has 1 N–H and O–H groups in total. The molecule has 17 heavy (non-hydrogen) atoms. The first-order valence-corrected chi connectivity index (χ1v) is 5.66. The Morgan fingerprint density at radius 3 is 2.59 bits per heavy atom. The summed E-state index contributed by atoms with van der Waals surface area (Å²) >= 11 is 0. The van der Waals surface area contributed by atoms with Crippen LogP contribution in [0.25, 0.3) is 0 Å². The molecule has 0 aliphatic rings. The fourth-order valence-electron chi connectivity index (χ4n) is 1.70. The zero-order valence-electron chi connectivity index (χ0n) is 10.1. The maximum atomic E-state index is 13.6. The number of carbonyl (C=O) groups excluding carboxylic acids is 1. The van der Waals surface area contributed by atoms with Crippen LogP contribution in [0.2, 0.25) is 0 Å². The van der Waals surface area contributed by atoms with Crippen molar-refractivity contribution in [2.75, 3.05) is 6.61 Å². The average Bonchev–Trinajstić information content (AvgIpc) is 2.29. The monoisotopic (exact) mass is 240 g/mol. The van der Waals surface area contributed by atoms with Crippen molar-refractivity contribution in [1.82, 2.24) is 0 Å². The van der Waals surface area contributed by atoms with Gasteiger partial charge in [-0.15, -0.1) is 0 Å². The maximum Gasteiger partial charge on any atom is 0.309 e. The summed E-state index contributed by atoms with van der Waals surface area (Å²) in [4.78, 5) is 11.4. The number of benzene rings is 1. The molecule has 0 saturated carbocycles. The van der Waals surface area contributed by atoms with Crippen LogP contribution in [-0.2, 0) is 15.1 Å². The number of ether oxygens (including phenoxy) is 1. The lowest BCUT2D eigenvalue weighted by molar-refractivity contribution is -0.149. The van der Waals surface area contributed by atoms with E-state index in [1.54, 1.807) is 26.0 Å². The lowest BCUT2D eigenvalue weighted by atomic mass is 9.87. The second-order valence-electron chi connectivity index (χ2n) is 3.85. The Kier molecular flexibility index (Phi) is 4.63. The lowest BCUT2D eigenvalue weighted by Crippen LogP contribution is -2.30. The summed E-state index contributed by atoms with van der Waals surface area (Å²) < 4.78 is 18.4. The minimum absolute atomic E-state index is 0.135. The first kappa shape index (κ1) is 13.6. The number of rotatable bonds is 5. The van der Waals surface area contributed by atoms with Gasteiger partial charge in [0.2, 0.25) is 0 Å². The van der Waals surface area contributed by atoms with Crippen LogP contribution in [0.15, 0.2) is 24.3 Å². The molecule has 0 bridgehead atoms. The highest BCUT2D eigenvalue weighted by atomic mass is 19.1. The Morgan fingerprint density at radius 2 is 2.06 bits per heavy atom.